The van der Waals surface area contributed by atoms with Crippen LogP contribution in [0.2, 0.25) is 5.02 Å². The van der Waals surface area contributed by atoms with E-state index in [0.29, 0.717) is 18.1 Å². The summed E-state index contributed by atoms with van der Waals surface area (Å²) in [4.78, 5) is 10.8. The van der Waals surface area contributed by atoms with Crippen LogP contribution in [0.25, 0.3) is 6.08 Å². The van der Waals surface area contributed by atoms with E-state index < -0.39 is 0 Å². The van der Waals surface area contributed by atoms with Crippen LogP contribution in [0.15, 0.2) is 30.3 Å². The molecular formula is C12H13ClO2. The maximum Gasteiger partial charge on any atom is 0.305 e. The fraction of sp³-hybridized carbons (Fsp3) is 0.250. The Morgan fingerprint density at radius 3 is 2.67 bits per heavy atom. The van der Waals surface area contributed by atoms with Crippen LogP contribution in [0.4, 0.5) is 0 Å². The van der Waals surface area contributed by atoms with E-state index in [0.717, 1.165) is 5.56 Å². The fourth-order valence-corrected chi connectivity index (χ4v) is 1.13. The zero-order valence-corrected chi connectivity index (χ0v) is 9.33. The highest BCUT2D eigenvalue weighted by atomic mass is 35.5. The predicted octanol–water partition coefficient (Wildman–Crippen LogP) is 3.31. The molecule has 15 heavy (non-hydrogen) atoms. The Labute approximate surface area is 94.5 Å². The second-order valence-electron chi connectivity index (χ2n) is 2.99. The van der Waals surface area contributed by atoms with Gasteiger partial charge in [-0.3, -0.25) is 4.79 Å². The van der Waals surface area contributed by atoms with Gasteiger partial charge in [-0.05, 0) is 23.8 Å². The molecule has 0 aliphatic heterocycles. The first kappa shape index (κ1) is 11.8. The van der Waals surface area contributed by atoms with Crippen molar-refractivity contribution in [1.82, 2.24) is 0 Å². The lowest BCUT2D eigenvalue weighted by Gasteiger charge is -1.97. The minimum Gasteiger partial charge on any atom is -0.461 e. The number of esters is 1. The van der Waals surface area contributed by atoms with E-state index >= 15 is 0 Å². The third kappa shape index (κ3) is 4.66. The van der Waals surface area contributed by atoms with Crippen LogP contribution in [0.5, 0.6) is 0 Å². The summed E-state index contributed by atoms with van der Waals surface area (Å²) in [6.45, 7) is 2.08. The molecule has 0 saturated carbocycles. The summed E-state index contributed by atoms with van der Waals surface area (Å²) in [6, 6.07) is 7.44. The minimum atomic E-state index is -0.184. The largest absolute Gasteiger partial charge is 0.461 e. The first-order valence-electron chi connectivity index (χ1n) is 4.80. The summed E-state index contributed by atoms with van der Waals surface area (Å²) < 4.78 is 4.88. The molecule has 0 unspecified atom stereocenters. The molecular weight excluding hydrogens is 212 g/mol. The molecule has 1 aromatic carbocycles. The van der Waals surface area contributed by atoms with E-state index in [1.165, 1.54) is 0 Å². The molecule has 1 rings (SSSR count). The highest BCUT2D eigenvalue weighted by molar-refractivity contribution is 6.30. The molecule has 80 valence electrons. The number of carbonyl (C=O) groups is 1. The van der Waals surface area contributed by atoms with Crippen molar-refractivity contribution in [2.24, 2.45) is 0 Å². The van der Waals surface area contributed by atoms with Crippen molar-refractivity contribution in [1.29, 1.82) is 0 Å². The van der Waals surface area contributed by atoms with Gasteiger partial charge in [-0.1, -0.05) is 36.7 Å². The second-order valence-corrected chi connectivity index (χ2v) is 3.43. The van der Waals surface area contributed by atoms with Gasteiger partial charge in [0, 0.05) is 11.4 Å². The van der Waals surface area contributed by atoms with Crippen LogP contribution >= 0.6 is 11.6 Å². The van der Waals surface area contributed by atoms with Gasteiger partial charge >= 0.3 is 5.97 Å². The third-order valence-electron chi connectivity index (χ3n) is 1.81. The fourth-order valence-electron chi connectivity index (χ4n) is 1.00. The average Bonchev–Trinajstić information content (AvgIpc) is 2.26. The number of hydrogen-bond acceptors (Lipinski definition) is 2. The quantitative estimate of drug-likeness (QED) is 0.734. The van der Waals surface area contributed by atoms with Crippen LogP contribution < -0.4 is 0 Å². The number of halogens is 1. The topological polar surface area (TPSA) is 26.3 Å². The van der Waals surface area contributed by atoms with E-state index in [9.17, 15) is 4.79 Å². The Hall–Kier alpha value is -1.28. The summed E-state index contributed by atoms with van der Waals surface area (Å²) >= 11 is 5.74. The van der Waals surface area contributed by atoms with Gasteiger partial charge in [0.25, 0.3) is 0 Å². The zero-order valence-electron chi connectivity index (χ0n) is 8.57. The van der Waals surface area contributed by atoms with E-state index in [-0.39, 0.29) is 5.97 Å². The standard InChI is InChI=1S/C12H13ClO2/c1-2-12(14)15-9-3-4-10-5-7-11(13)8-6-10/h3-8H,2,9H2,1H3/b4-3+. The Morgan fingerprint density at radius 1 is 1.40 bits per heavy atom. The van der Waals surface area contributed by atoms with Crippen molar-refractivity contribution < 1.29 is 9.53 Å². The van der Waals surface area contributed by atoms with Crippen LogP contribution in [-0.2, 0) is 9.53 Å². The highest BCUT2D eigenvalue weighted by Crippen LogP contribution is 2.10. The smallest absolute Gasteiger partial charge is 0.305 e. The van der Waals surface area contributed by atoms with E-state index in [1.807, 2.05) is 30.3 Å². The normalized spacial score (nSPS) is 10.5. The molecule has 0 atom stereocenters. The molecule has 0 saturated heterocycles. The number of hydrogen-bond donors (Lipinski definition) is 0. The Kier molecular flexibility index (Phi) is 4.91. The lowest BCUT2D eigenvalue weighted by Crippen LogP contribution is -2.01. The number of carbonyl (C=O) groups excluding carboxylic acids is 1. The Bertz CT molecular complexity index is 341. The van der Waals surface area contributed by atoms with Crippen LogP contribution in [0.1, 0.15) is 18.9 Å². The average molecular weight is 225 g/mol. The van der Waals surface area contributed by atoms with E-state index in [2.05, 4.69) is 0 Å². The van der Waals surface area contributed by atoms with Crippen molar-refractivity contribution in [3.8, 4) is 0 Å². The van der Waals surface area contributed by atoms with Crippen molar-refractivity contribution in [2.45, 2.75) is 13.3 Å². The molecule has 0 aromatic heterocycles. The molecule has 3 heteroatoms. The molecule has 0 aliphatic carbocycles. The molecule has 1 aromatic rings. The van der Waals surface area contributed by atoms with Crippen molar-refractivity contribution in [2.75, 3.05) is 6.61 Å². The SMILES string of the molecule is CCC(=O)OC/C=C/c1ccc(Cl)cc1. The molecule has 0 amide bonds. The van der Waals surface area contributed by atoms with Crippen molar-refractivity contribution >= 4 is 23.6 Å². The van der Waals surface area contributed by atoms with Gasteiger partial charge in [-0.15, -0.1) is 0 Å². The van der Waals surface area contributed by atoms with Gasteiger partial charge in [0.15, 0.2) is 0 Å². The summed E-state index contributed by atoms with van der Waals surface area (Å²) in [5, 5.41) is 0.713. The molecule has 0 spiro atoms. The molecule has 0 fully saturated rings. The molecule has 2 nitrogen and oxygen atoms in total. The van der Waals surface area contributed by atoms with Crippen molar-refractivity contribution in [3.63, 3.8) is 0 Å². The number of rotatable bonds is 4. The van der Waals surface area contributed by atoms with Crippen LogP contribution in [0, 0.1) is 0 Å². The van der Waals surface area contributed by atoms with E-state index in [4.69, 9.17) is 16.3 Å². The lowest BCUT2D eigenvalue weighted by atomic mass is 10.2. The maximum atomic E-state index is 10.8. The Morgan fingerprint density at radius 2 is 2.07 bits per heavy atom. The molecule has 0 heterocycles. The van der Waals surface area contributed by atoms with Gasteiger partial charge in [0.2, 0.25) is 0 Å². The molecule has 0 radical (unpaired) electrons. The van der Waals surface area contributed by atoms with Gasteiger partial charge in [0.1, 0.15) is 6.61 Å². The molecule has 0 aliphatic rings. The second kappa shape index (κ2) is 6.25. The predicted molar refractivity (Wildman–Crippen MR) is 61.7 cm³/mol. The minimum absolute atomic E-state index is 0.184. The highest BCUT2D eigenvalue weighted by Gasteiger charge is 1.94. The van der Waals surface area contributed by atoms with Gasteiger partial charge in [-0.2, -0.15) is 0 Å². The first-order chi connectivity index (χ1) is 7.22. The van der Waals surface area contributed by atoms with Crippen LogP contribution in [0.3, 0.4) is 0 Å². The molecule has 0 bridgehead atoms. The van der Waals surface area contributed by atoms with Crippen molar-refractivity contribution in [3.05, 3.63) is 40.9 Å². The molecule has 0 N–H and O–H groups in total. The van der Waals surface area contributed by atoms with Crippen LogP contribution in [-0.4, -0.2) is 12.6 Å². The number of ether oxygens (including phenoxy) is 1. The van der Waals surface area contributed by atoms with Gasteiger partial charge in [0.05, 0.1) is 0 Å². The Balaban J connectivity index is 2.38. The zero-order chi connectivity index (χ0) is 11.1. The first-order valence-corrected chi connectivity index (χ1v) is 5.18. The summed E-state index contributed by atoms with van der Waals surface area (Å²) in [7, 11) is 0. The summed E-state index contributed by atoms with van der Waals surface area (Å²) in [6.07, 6.45) is 4.10. The van der Waals surface area contributed by atoms with Gasteiger partial charge < -0.3 is 4.74 Å². The van der Waals surface area contributed by atoms with Gasteiger partial charge in [-0.25, -0.2) is 0 Å². The lowest BCUT2D eigenvalue weighted by molar-refractivity contribution is -0.141. The summed E-state index contributed by atoms with van der Waals surface area (Å²) in [5.41, 5.74) is 1.03. The monoisotopic (exact) mass is 224 g/mol. The van der Waals surface area contributed by atoms with E-state index in [1.54, 1.807) is 13.0 Å². The summed E-state index contributed by atoms with van der Waals surface area (Å²) in [5.74, 6) is -0.184. The number of benzene rings is 1. The third-order valence-corrected chi connectivity index (χ3v) is 2.06. The maximum absolute atomic E-state index is 10.8.